The lowest BCUT2D eigenvalue weighted by molar-refractivity contribution is -0.127. The van der Waals surface area contributed by atoms with Crippen molar-refractivity contribution in [1.82, 2.24) is 4.90 Å². The minimum absolute atomic E-state index is 0.0206. The van der Waals surface area contributed by atoms with Gasteiger partial charge in [0, 0.05) is 18.5 Å². The van der Waals surface area contributed by atoms with Crippen molar-refractivity contribution in [3.63, 3.8) is 0 Å². The summed E-state index contributed by atoms with van der Waals surface area (Å²) in [6.45, 7) is 0.539. The van der Waals surface area contributed by atoms with E-state index >= 15 is 0 Å². The van der Waals surface area contributed by atoms with Crippen LogP contribution in [0.5, 0.6) is 0 Å². The average Bonchev–Trinajstić information content (AvgIpc) is 3.41. The fraction of sp³-hybridized carbons (Fsp3) is 0.125. The van der Waals surface area contributed by atoms with Crippen LogP contribution in [-0.2, 0) is 16.1 Å². The fourth-order valence-corrected chi connectivity index (χ4v) is 4.69. The molecule has 2 amide bonds. The van der Waals surface area contributed by atoms with Crippen LogP contribution in [0, 0.1) is 0 Å². The molecule has 1 aliphatic rings. The van der Waals surface area contributed by atoms with Crippen molar-refractivity contribution < 1.29 is 9.59 Å². The molecule has 0 saturated heterocycles. The van der Waals surface area contributed by atoms with Gasteiger partial charge >= 0.3 is 0 Å². The van der Waals surface area contributed by atoms with Crippen LogP contribution in [0.4, 0.5) is 5.69 Å². The number of para-hydroxylation sites is 1. The van der Waals surface area contributed by atoms with Gasteiger partial charge in [-0.25, -0.2) is 4.99 Å². The third kappa shape index (κ3) is 5.13. The molecule has 1 aromatic heterocycles. The SMILES string of the molecule is CN(Cc1ccccc1)C(=O)CSC1=N/C(=C/c2cccs2)C(=O)N1c1ccccc1. The van der Waals surface area contributed by atoms with E-state index in [0.29, 0.717) is 17.4 Å². The van der Waals surface area contributed by atoms with Gasteiger partial charge in [0.05, 0.1) is 11.4 Å². The number of amides is 2. The number of amidine groups is 1. The Morgan fingerprint density at radius 2 is 1.77 bits per heavy atom. The van der Waals surface area contributed by atoms with Crippen molar-refractivity contribution in [2.75, 3.05) is 17.7 Å². The largest absolute Gasteiger partial charge is 0.341 e. The maximum atomic E-state index is 13.1. The quantitative estimate of drug-likeness (QED) is 0.506. The summed E-state index contributed by atoms with van der Waals surface area (Å²) in [5.74, 6) is -0.00897. The summed E-state index contributed by atoms with van der Waals surface area (Å²) >= 11 is 2.83. The molecular weight excluding hydrogens is 426 g/mol. The van der Waals surface area contributed by atoms with Crippen LogP contribution < -0.4 is 4.90 Å². The van der Waals surface area contributed by atoms with Crippen LogP contribution in [0.1, 0.15) is 10.4 Å². The molecule has 2 aromatic carbocycles. The number of rotatable bonds is 6. The second kappa shape index (κ2) is 9.76. The first-order valence-corrected chi connectivity index (χ1v) is 11.6. The highest BCUT2D eigenvalue weighted by Crippen LogP contribution is 2.30. The van der Waals surface area contributed by atoms with Crippen molar-refractivity contribution in [3.8, 4) is 0 Å². The number of thiophene rings is 1. The minimum Gasteiger partial charge on any atom is -0.341 e. The molecule has 0 saturated carbocycles. The van der Waals surface area contributed by atoms with E-state index in [-0.39, 0.29) is 17.6 Å². The van der Waals surface area contributed by atoms with Gasteiger partial charge in [-0.2, -0.15) is 0 Å². The lowest BCUT2D eigenvalue weighted by atomic mass is 10.2. The molecule has 0 bridgehead atoms. The highest BCUT2D eigenvalue weighted by Gasteiger charge is 2.32. The van der Waals surface area contributed by atoms with Crippen LogP contribution in [0.25, 0.3) is 6.08 Å². The first-order valence-electron chi connectivity index (χ1n) is 9.76. The lowest BCUT2D eigenvalue weighted by Gasteiger charge is -2.20. The fourth-order valence-electron chi connectivity index (χ4n) is 3.09. The molecule has 0 atom stereocenters. The molecule has 0 N–H and O–H groups in total. The highest BCUT2D eigenvalue weighted by atomic mass is 32.2. The number of thioether (sulfide) groups is 1. The molecule has 5 nitrogen and oxygen atoms in total. The summed E-state index contributed by atoms with van der Waals surface area (Å²) in [6, 6.07) is 23.1. The van der Waals surface area contributed by atoms with Gasteiger partial charge in [-0.15, -0.1) is 11.3 Å². The maximum absolute atomic E-state index is 13.1. The predicted octanol–water partition coefficient (Wildman–Crippen LogP) is 4.88. The molecule has 0 aliphatic carbocycles. The van der Waals surface area contributed by atoms with Crippen molar-refractivity contribution in [2.45, 2.75) is 6.54 Å². The minimum atomic E-state index is -0.188. The van der Waals surface area contributed by atoms with Crippen molar-refractivity contribution >= 4 is 51.8 Å². The molecule has 4 rings (SSSR count). The molecule has 156 valence electrons. The third-order valence-corrected chi connectivity index (χ3v) is 6.42. The summed E-state index contributed by atoms with van der Waals surface area (Å²) < 4.78 is 0. The van der Waals surface area contributed by atoms with E-state index in [4.69, 9.17) is 0 Å². The number of carbonyl (C=O) groups is 2. The van der Waals surface area contributed by atoms with Crippen LogP contribution in [0.15, 0.2) is 88.9 Å². The Kier molecular flexibility index (Phi) is 6.64. The molecule has 0 radical (unpaired) electrons. The van der Waals surface area contributed by atoms with E-state index in [1.807, 2.05) is 78.2 Å². The normalized spacial score (nSPS) is 14.7. The molecule has 0 spiro atoms. The Morgan fingerprint density at radius 3 is 2.45 bits per heavy atom. The highest BCUT2D eigenvalue weighted by molar-refractivity contribution is 8.14. The monoisotopic (exact) mass is 447 g/mol. The number of benzene rings is 2. The number of anilines is 1. The topological polar surface area (TPSA) is 53.0 Å². The lowest BCUT2D eigenvalue weighted by Crippen LogP contribution is -2.32. The van der Waals surface area contributed by atoms with E-state index in [2.05, 4.69) is 4.99 Å². The van der Waals surface area contributed by atoms with E-state index in [1.165, 1.54) is 11.8 Å². The summed E-state index contributed by atoms with van der Waals surface area (Å²) in [4.78, 5) is 34.6. The van der Waals surface area contributed by atoms with E-state index in [1.54, 1.807) is 34.3 Å². The summed E-state index contributed by atoms with van der Waals surface area (Å²) in [5, 5.41) is 2.47. The molecule has 0 fully saturated rings. The van der Waals surface area contributed by atoms with Gasteiger partial charge in [-0.3, -0.25) is 14.5 Å². The van der Waals surface area contributed by atoms with Crippen LogP contribution in [-0.4, -0.2) is 34.7 Å². The zero-order chi connectivity index (χ0) is 21.6. The van der Waals surface area contributed by atoms with Crippen LogP contribution in [0.2, 0.25) is 0 Å². The van der Waals surface area contributed by atoms with Crippen molar-refractivity contribution in [2.24, 2.45) is 4.99 Å². The van der Waals surface area contributed by atoms with Crippen LogP contribution in [0.3, 0.4) is 0 Å². The standard InChI is InChI=1S/C24H21N3O2S2/c1-26(16-18-9-4-2-5-10-18)22(28)17-31-24-25-21(15-20-13-8-14-30-20)23(29)27(24)19-11-6-3-7-12-19/h2-15H,16-17H2,1H3/b21-15+. The summed E-state index contributed by atoms with van der Waals surface area (Å²) in [7, 11) is 1.79. The van der Waals surface area contributed by atoms with Crippen molar-refractivity contribution in [1.29, 1.82) is 0 Å². The number of hydrogen-bond donors (Lipinski definition) is 0. The average molecular weight is 448 g/mol. The Bertz CT molecular complexity index is 1110. The van der Waals surface area contributed by atoms with Crippen molar-refractivity contribution in [3.05, 3.63) is 94.3 Å². The Hall–Kier alpha value is -3.16. The maximum Gasteiger partial charge on any atom is 0.283 e. The molecule has 3 aromatic rings. The summed E-state index contributed by atoms with van der Waals surface area (Å²) in [5.41, 5.74) is 2.18. The van der Waals surface area contributed by atoms with Gasteiger partial charge in [0.1, 0.15) is 5.70 Å². The Morgan fingerprint density at radius 1 is 1.06 bits per heavy atom. The first kappa shape index (κ1) is 21.1. The van der Waals surface area contributed by atoms with Gasteiger partial charge in [0.2, 0.25) is 5.91 Å². The smallest absolute Gasteiger partial charge is 0.283 e. The number of hydrogen-bond acceptors (Lipinski definition) is 5. The van der Waals surface area contributed by atoms with Gasteiger partial charge < -0.3 is 4.90 Å². The zero-order valence-electron chi connectivity index (χ0n) is 17.0. The number of nitrogens with zero attached hydrogens (tertiary/aromatic N) is 3. The molecule has 2 heterocycles. The first-order chi connectivity index (χ1) is 15.1. The molecule has 0 unspecified atom stereocenters. The number of carbonyl (C=O) groups excluding carboxylic acids is 2. The van der Waals surface area contributed by atoms with Gasteiger partial charge in [-0.05, 0) is 35.2 Å². The molecule has 7 heteroatoms. The van der Waals surface area contributed by atoms with E-state index in [9.17, 15) is 9.59 Å². The van der Waals surface area contributed by atoms with E-state index in [0.717, 1.165) is 16.1 Å². The van der Waals surface area contributed by atoms with E-state index < -0.39 is 0 Å². The van der Waals surface area contributed by atoms with Gasteiger partial charge in [0.25, 0.3) is 5.91 Å². The Labute approximate surface area is 189 Å². The molecule has 31 heavy (non-hydrogen) atoms. The second-order valence-corrected chi connectivity index (χ2v) is 8.86. The second-order valence-electron chi connectivity index (χ2n) is 6.94. The molecular formula is C24H21N3O2S2. The van der Waals surface area contributed by atoms with Crippen LogP contribution >= 0.6 is 23.1 Å². The van der Waals surface area contributed by atoms with Gasteiger partial charge in [0.15, 0.2) is 5.17 Å². The number of aliphatic imine (C=N–C) groups is 1. The predicted molar refractivity (Wildman–Crippen MR) is 129 cm³/mol. The zero-order valence-corrected chi connectivity index (χ0v) is 18.6. The van der Waals surface area contributed by atoms with Gasteiger partial charge in [-0.1, -0.05) is 66.4 Å². The Balaban J connectivity index is 1.50. The molecule has 1 aliphatic heterocycles. The summed E-state index contributed by atoms with van der Waals surface area (Å²) in [6.07, 6.45) is 1.79. The third-order valence-electron chi connectivity index (χ3n) is 4.68.